The number of rotatable bonds is 0. The molecular weight excluding hydrogens is 127 g/mol. The fourth-order valence-electron chi connectivity index (χ4n) is 0.482. The van der Waals surface area contributed by atoms with Crippen LogP contribution in [0, 0.1) is 6.08 Å². The molecule has 0 atom stereocenters. The van der Waals surface area contributed by atoms with Gasteiger partial charge in [-0.05, 0) is 0 Å². The smallest absolute Gasteiger partial charge is 0 e. The molecule has 39 valence electrons. The minimum Gasteiger partial charge on any atom is -0.275 e. The van der Waals surface area contributed by atoms with E-state index in [-0.39, 0.29) is 17.1 Å². The summed E-state index contributed by atoms with van der Waals surface area (Å²) in [7, 11) is 0. The van der Waals surface area contributed by atoms with Gasteiger partial charge >= 0.3 is 0 Å². The molecule has 1 aliphatic rings. The molecule has 1 rings (SSSR count). The number of hydrogen-bond acceptors (Lipinski definition) is 0. The van der Waals surface area contributed by atoms with Gasteiger partial charge in [0.15, 0.2) is 0 Å². The SMILES string of the molecule is [C-]1=CC=CCC1.[Mn]. The first-order valence-corrected chi connectivity index (χ1v) is 2.22. The molecule has 0 bridgehead atoms. The molecular formula is C6H7Mn-. The van der Waals surface area contributed by atoms with Crippen molar-refractivity contribution in [2.45, 2.75) is 12.8 Å². The molecule has 0 amide bonds. The molecule has 0 saturated carbocycles. The molecule has 0 aromatic heterocycles. The van der Waals surface area contributed by atoms with Gasteiger partial charge in [-0.15, -0.1) is 6.42 Å². The Bertz CT molecular complexity index is 70.2. The third-order valence-corrected chi connectivity index (χ3v) is 0.806. The van der Waals surface area contributed by atoms with Crippen molar-refractivity contribution in [1.29, 1.82) is 0 Å². The van der Waals surface area contributed by atoms with Crippen molar-refractivity contribution in [3.8, 4) is 0 Å². The second-order valence-electron chi connectivity index (χ2n) is 1.34. The van der Waals surface area contributed by atoms with Crippen LogP contribution in [-0.2, 0) is 17.1 Å². The van der Waals surface area contributed by atoms with Crippen molar-refractivity contribution in [2.75, 3.05) is 0 Å². The Morgan fingerprint density at radius 1 is 1.43 bits per heavy atom. The van der Waals surface area contributed by atoms with E-state index in [0.29, 0.717) is 0 Å². The summed E-state index contributed by atoms with van der Waals surface area (Å²) in [4.78, 5) is 0. The monoisotopic (exact) mass is 134 g/mol. The zero-order valence-electron chi connectivity index (χ0n) is 4.02. The van der Waals surface area contributed by atoms with E-state index >= 15 is 0 Å². The fraction of sp³-hybridized carbons (Fsp3) is 0.333. The third-order valence-electron chi connectivity index (χ3n) is 0.806. The summed E-state index contributed by atoms with van der Waals surface area (Å²) >= 11 is 0. The summed E-state index contributed by atoms with van der Waals surface area (Å²) in [5.41, 5.74) is 0. The molecule has 0 aromatic rings. The van der Waals surface area contributed by atoms with E-state index in [9.17, 15) is 0 Å². The van der Waals surface area contributed by atoms with E-state index in [4.69, 9.17) is 0 Å². The molecule has 1 heteroatoms. The predicted octanol–water partition coefficient (Wildman–Crippen LogP) is 1.69. The Labute approximate surface area is 54.8 Å². The summed E-state index contributed by atoms with van der Waals surface area (Å²) < 4.78 is 0. The van der Waals surface area contributed by atoms with Crippen molar-refractivity contribution >= 4 is 0 Å². The molecule has 0 saturated heterocycles. The summed E-state index contributed by atoms with van der Waals surface area (Å²) in [6, 6.07) is 0. The second kappa shape index (κ2) is 4.17. The van der Waals surface area contributed by atoms with Gasteiger partial charge in [0.05, 0.1) is 0 Å². The number of hydrogen-bond donors (Lipinski definition) is 0. The van der Waals surface area contributed by atoms with Crippen LogP contribution in [0.4, 0.5) is 0 Å². The van der Waals surface area contributed by atoms with E-state index < -0.39 is 0 Å². The molecule has 0 unspecified atom stereocenters. The van der Waals surface area contributed by atoms with Crippen LogP contribution < -0.4 is 0 Å². The van der Waals surface area contributed by atoms with E-state index in [1.165, 1.54) is 6.42 Å². The van der Waals surface area contributed by atoms with Crippen molar-refractivity contribution in [3.63, 3.8) is 0 Å². The zero-order valence-corrected chi connectivity index (χ0v) is 5.20. The van der Waals surface area contributed by atoms with Crippen molar-refractivity contribution in [2.24, 2.45) is 0 Å². The van der Waals surface area contributed by atoms with Crippen LogP contribution in [0.25, 0.3) is 0 Å². The van der Waals surface area contributed by atoms with Gasteiger partial charge in [0.2, 0.25) is 0 Å². The first kappa shape index (κ1) is 7.00. The Balaban J connectivity index is 0.000000360. The average molecular weight is 134 g/mol. The maximum atomic E-state index is 3.07. The first-order valence-electron chi connectivity index (χ1n) is 2.22. The summed E-state index contributed by atoms with van der Waals surface area (Å²) in [6.07, 6.45) is 11.5. The molecule has 0 aromatic carbocycles. The van der Waals surface area contributed by atoms with E-state index in [0.717, 1.165) is 6.42 Å². The Kier molecular flexibility index (Phi) is 4.17. The standard InChI is InChI=1S/C6H7.Mn/c1-2-4-6-5-3-1;/h1-3H,4,6H2;/q-1;. The van der Waals surface area contributed by atoms with Crippen molar-refractivity contribution < 1.29 is 17.1 Å². The van der Waals surface area contributed by atoms with E-state index in [1.54, 1.807) is 0 Å². The average Bonchev–Trinajstić information content (AvgIpc) is 1.72. The summed E-state index contributed by atoms with van der Waals surface area (Å²) in [5, 5.41) is 0. The van der Waals surface area contributed by atoms with Gasteiger partial charge in [-0.1, -0.05) is 6.42 Å². The first-order chi connectivity index (χ1) is 3.00. The second-order valence-corrected chi connectivity index (χ2v) is 1.34. The quantitative estimate of drug-likeness (QED) is 0.349. The van der Waals surface area contributed by atoms with Gasteiger partial charge in [0.1, 0.15) is 0 Å². The summed E-state index contributed by atoms with van der Waals surface area (Å²) in [5.74, 6) is 0. The molecule has 0 N–H and O–H groups in total. The minimum atomic E-state index is 0. The maximum Gasteiger partial charge on any atom is 0 e. The van der Waals surface area contributed by atoms with Gasteiger partial charge in [-0.2, -0.15) is 6.08 Å². The van der Waals surface area contributed by atoms with Crippen LogP contribution in [0.3, 0.4) is 0 Å². The topological polar surface area (TPSA) is 0 Å². The van der Waals surface area contributed by atoms with E-state index in [1.807, 2.05) is 12.2 Å². The van der Waals surface area contributed by atoms with Gasteiger partial charge in [-0.25, -0.2) is 12.2 Å². The molecule has 0 spiro atoms. The number of allylic oxidation sites excluding steroid dienone is 4. The van der Waals surface area contributed by atoms with Crippen LogP contribution in [0.15, 0.2) is 18.2 Å². The van der Waals surface area contributed by atoms with Crippen LogP contribution >= 0.6 is 0 Å². The van der Waals surface area contributed by atoms with Gasteiger partial charge in [0.25, 0.3) is 0 Å². The van der Waals surface area contributed by atoms with Crippen molar-refractivity contribution in [3.05, 3.63) is 24.3 Å². The zero-order chi connectivity index (χ0) is 4.24. The predicted molar refractivity (Wildman–Crippen MR) is 26.2 cm³/mol. The van der Waals surface area contributed by atoms with Gasteiger partial charge in [0, 0.05) is 17.1 Å². The van der Waals surface area contributed by atoms with Gasteiger partial charge in [-0.3, -0.25) is 6.08 Å². The largest absolute Gasteiger partial charge is 0.275 e. The fourth-order valence-corrected chi connectivity index (χ4v) is 0.482. The minimum absolute atomic E-state index is 0. The normalized spacial score (nSPS) is 16.0. The molecule has 1 aliphatic carbocycles. The van der Waals surface area contributed by atoms with Crippen LogP contribution in [0.1, 0.15) is 12.8 Å². The Morgan fingerprint density at radius 2 is 2.29 bits per heavy atom. The third kappa shape index (κ3) is 2.67. The summed E-state index contributed by atoms with van der Waals surface area (Å²) in [6.45, 7) is 0. The Morgan fingerprint density at radius 3 is 2.43 bits per heavy atom. The maximum absolute atomic E-state index is 3.07. The molecule has 0 fully saturated rings. The Hall–Kier alpha value is -0.000519. The molecule has 0 heterocycles. The van der Waals surface area contributed by atoms with Crippen LogP contribution in [0.5, 0.6) is 0 Å². The van der Waals surface area contributed by atoms with Crippen LogP contribution in [-0.4, -0.2) is 0 Å². The van der Waals surface area contributed by atoms with Gasteiger partial charge < -0.3 is 0 Å². The molecule has 1 radical (unpaired) electrons. The van der Waals surface area contributed by atoms with Crippen LogP contribution in [0.2, 0.25) is 0 Å². The molecule has 0 nitrogen and oxygen atoms in total. The molecule has 7 heavy (non-hydrogen) atoms. The van der Waals surface area contributed by atoms with E-state index in [2.05, 4.69) is 12.2 Å². The molecule has 0 aliphatic heterocycles. The van der Waals surface area contributed by atoms with Crippen molar-refractivity contribution in [1.82, 2.24) is 0 Å².